The van der Waals surface area contributed by atoms with Crippen molar-refractivity contribution < 1.29 is 19.2 Å². The van der Waals surface area contributed by atoms with Crippen LogP contribution in [0.15, 0.2) is 0 Å². The molecule has 14 heavy (non-hydrogen) atoms. The Hall–Kier alpha value is -0.380. The molecule has 0 fully saturated rings. The number of hydrogen-bond acceptors (Lipinski definition) is 3. The van der Waals surface area contributed by atoms with Gasteiger partial charge in [0, 0.05) is 19.4 Å². The molecule has 2 N–H and O–H groups in total. The lowest BCUT2D eigenvalue weighted by Crippen LogP contribution is -2.39. The molecule has 0 unspecified atom stereocenters. The van der Waals surface area contributed by atoms with Crippen molar-refractivity contribution in [2.45, 2.75) is 19.9 Å². The second kappa shape index (κ2) is 6.17. The first-order chi connectivity index (χ1) is 6.49. The second-order valence-electron chi connectivity index (χ2n) is 3.00. The SMILES string of the molecule is CCP(=O)(CC)N[C@@H](COC)C(=O)O. The molecule has 0 heterocycles. The second-order valence-corrected chi connectivity index (χ2v) is 6.30. The van der Waals surface area contributed by atoms with Gasteiger partial charge in [-0.1, -0.05) is 13.8 Å². The molecule has 0 rings (SSSR count). The van der Waals surface area contributed by atoms with Gasteiger partial charge in [0.05, 0.1) is 6.61 Å². The minimum absolute atomic E-state index is 0.0271. The Balaban J connectivity index is 4.41. The molecule has 84 valence electrons. The number of carboxylic acid groups (broad SMARTS) is 1. The number of nitrogens with one attached hydrogen (secondary N) is 1. The van der Waals surface area contributed by atoms with Crippen LogP contribution < -0.4 is 5.09 Å². The summed E-state index contributed by atoms with van der Waals surface area (Å²) in [5.74, 6) is -1.03. The molecule has 6 heteroatoms. The fourth-order valence-corrected chi connectivity index (χ4v) is 2.59. The fraction of sp³-hybridized carbons (Fsp3) is 0.875. The lowest BCUT2D eigenvalue weighted by molar-refractivity contribution is -0.140. The van der Waals surface area contributed by atoms with Gasteiger partial charge in [-0.05, 0) is 0 Å². The van der Waals surface area contributed by atoms with Crippen LogP contribution in [0.4, 0.5) is 0 Å². The third kappa shape index (κ3) is 4.22. The van der Waals surface area contributed by atoms with E-state index in [0.29, 0.717) is 12.3 Å². The predicted octanol–water partition coefficient (Wildman–Crippen LogP) is 0.994. The van der Waals surface area contributed by atoms with Crippen LogP contribution in [0.2, 0.25) is 0 Å². The smallest absolute Gasteiger partial charge is 0.323 e. The largest absolute Gasteiger partial charge is 0.480 e. The molecule has 0 aliphatic heterocycles. The van der Waals surface area contributed by atoms with E-state index >= 15 is 0 Å². The molecule has 0 amide bonds. The van der Waals surface area contributed by atoms with Crippen LogP contribution in [-0.4, -0.2) is 43.2 Å². The summed E-state index contributed by atoms with van der Waals surface area (Å²) >= 11 is 0. The molecule has 0 saturated carbocycles. The monoisotopic (exact) mass is 223 g/mol. The number of carbonyl (C=O) groups is 1. The van der Waals surface area contributed by atoms with Gasteiger partial charge >= 0.3 is 5.97 Å². The Morgan fingerprint density at radius 2 is 2.00 bits per heavy atom. The zero-order valence-corrected chi connectivity index (χ0v) is 9.71. The molecule has 0 bridgehead atoms. The van der Waals surface area contributed by atoms with E-state index in [9.17, 15) is 9.36 Å². The summed E-state index contributed by atoms with van der Waals surface area (Å²) in [6.45, 7) is 3.59. The van der Waals surface area contributed by atoms with Gasteiger partial charge in [-0.3, -0.25) is 9.88 Å². The van der Waals surface area contributed by atoms with Gasteiger partial charge in [-0.25, -0.2) is 0 Å². The Bertz CT molecular complexity index is 223. The minimum atomic E-state index is -2.53. The van der Waals surface area contributed by atoms with E-state index in [4.69, 9.17) is 9.84 Å². The Morgan fingerprint density at radius 1 is 1.50 bits per heavy atom. The summed E-state index contributed by atoms with van der Waals surface area (Å²) in [7, 11) is -1.11. The molecule has 0 aromatic rings. The number of methoxy groups -OCH3 is 1. The zero-order valence-electron chi connectivity index (χ0n) is 8.82. The molecular weight excluding hydrogens is 205 g/mol. The van der Waals surface area contributed by atoms with Crippen molar-refractivity contribution in [2.24, 2.45) is 0 Å². The van der Waals surface area contributed by atoms with Crippen LogP contribution in [0.3, 0.4) is 0 Å². The van der Waals surface area contributed by atoms with E-state index in [2.05, 4.69) is 5.09 Å². The summed E-state index contributed by atoms with van der Waals surface area (Å²) in [6, 6.07) is -0.884. The molecule has 0 aliphatic rings. The molecule has 5 nitrogen and oxygen atoms in total. The first-order valence-electron chi connectivity index (χ1n) is 4.56. The maximum Gasteiger partial charge on any atom is 0.323 e. The fourth-order valence-electron chi connectivity index (χ4n) is 1.02. The first-order valence-corrected chi connectivity index (χ1v) is 6.64. The standard InChI is InChI=1S/C8H18NO4P/c1-4-14(12,5-2)9-7(6-13-3)8(10)11/h7H,4-6H2,1-3H3,(H,9,12)(H,10,11)/t7-/m0/s1. The Morgan fingerprint density at radius 3 is 2.29 bits per heavy atom. The zero-order chi connectivity index (χ0) is 11.2. The van der Waals surface area contributed by atoms with Crippen molar-refractivity contribution in [2.75, 3.05) is 26.0 Å². The molecule has 0 radical (unpaired) electrons. The van der Waals surface area contributed by atoms with Crippen molar-refractivity contribution in [3.05, 3.63) is 0 Å². The predicted molar refractivity (Wildman–Crippen MR) is 55.1 cm³/mol. The third-order valence-electron chi connectivity index (χ3n) is 2.04. The van der Waals surface area contributed by atoms with Gasteiger partial charge in [-0.2, -0.15) is 0 Å². The van der Waals surface area contributed by atoms with Crippen LogP contribution in [0.25, 0.3) is 0 Å². The maximum absolute atomic E-state index is 11.9. The van der Waals surface area contributed by atoms with Crippen molar-refractivity contribution in [1.29, 1.82) is 0 Å². The van der Waals surface area contributed by atoms with Crippen LogP contribution >= 0.6 is 7.29 Å². The van der Waals surface area contributed by atoms with Crippen molar-refractivity contribution in [3.63, 3.8) is 0 Å². The van der Waals surface area contributed by atoms with E-state index in [1.165, 1.54) is 7.11 Å². The molecular formula is C8H18NO4P. The summed E-state index contributed by atoms with van der Waals surface area (Å²) in [6.07, 6.45) is 0.911. The Labute approximate surface area is 84.3 Å². The van der Waals surface area contributed by atoms with Crippen molar-refractivity contribution >= 4 is 13.3 Å². The normalized spacial score (nSPS) is 13.9. The van der Waals surface area contributed by atoms with E-state index in [1.54, 1.807) is 13.8 Å². The highest BCUT2D eigenvalue weighted by atomic mass is 31.2. The van der Waals surface area contributed by atoms with Crippen molar-refractivity contribution in [3.8, 4) is 0 Å². The highest BCUT2D eigenvalue weighted by molar-refractivity contribution is 7.61. The highest BCUT2D eigenvalue weighted by Gasteiger charge is 2.26. The van der Waals surface area contributed by atoms with E-state index in [0.717, 1.165) is 0 Å². The van der Waals surface area contributed by atoms with Crippen LogP contribution in [0.1, 0.15) is 13.8 Å². The van der Waals surface area contributed by atoms with E-state index in [1.807, 2.05) is 0 Å². The highest BCUT2D eigenvalue weighted by Crippen LogP contribution is 2.40. The molecule has 0 aromatic heterocycles. The van der Waals surface area contributed by atoms with Gasteiger partial charge in [0.15, 0.2) is 0 Å². The quantitative estimate of drug-likeness (QED) is 0.629. The number of carboxylic acids is 1. The third-order valence-corrected chi connectivity index (χ3v) is 4.87. The molecule has 0 saturated heterocycles. The lowest BCUT2D eigenvalue weighted by Gasteiger charge is -2.21. The van der Waals surface area contributed by atoms with E-state index < -0.39 is 19.3 Å². The first kappa shape index (κ1) is 13.6. The number of ether oxygens (including phenoxy) is 1. The molecule has 0 aromatic carbocycles. The van der Waals surface area contributed by atoms with Gasteiger partial charge in [0.2, 0.25) is 0 Å². The summed E-state index contributed by atoms with van der Waals surface area (Å²) in [4.78, 5) is 10.7. The molecule has 0 spiro atoms. The number of hydrogen-bond donors (Lipinski definition) is 2. The van der Waals surface area contributed by atoms with Gasteiger partial charge in [0.1, 0.15) is 13.3 Å². The average molecular weight is 223 g/mol. The van der Waals surface area contributed by atoms with Crippen LogP contribution in [0, 0.1) is 0 Å². The van der Waals surface area contributed by atoms with Crippen LogP contribution in [-0.2, 0) is 14.1 Å². The van der Waals surface area contributed by atoms with Gasteiger partial charge in [0.25, 0.3) is 0 Å². The maximum atomic E-state index is 11.9. The van der Waals surface area contributed by atoms with Gasteiger partial charge in [-0.15, -0.1) is 0 Å². The average Bonchev–Trinajstić information content (AvgIpc) is 2.17. The number of aliphatic carboxylic acids is 1. The summed E-state index contributed by atoms with van der Waals surface area (Å²) in [5.41, 5.74) is 0. The molecule has 1 atom stereocenters. The summed E-state index contributed by atoms with van der Waals surface area (Å²) < 4.78 is 16.6. The van der Waals surface area contributed by atoms with Crippen LogP contribution in [0.5, 0.6) is 0 Å². The van der Waals surface area contributed by atoms with Gasteiger partial charge < -0.3 is 14.4 Å². The topological polar surface area (TPSA) is 75.6 Å². The van der Waals surface area contributed by atoms with Crippen molar-refractivity contribution in [1.82, 2.24) is 5.09 Å². The summed E-state index contributed by atoms with van der Waals surface area (Å²) in [5, 5.41) is 11.5. The Kier molecular flexibility index (Phi) is 6.00. The minimum Gasteiger partial charge on any atom is -0.480 e. The lowest BCUT2D eigenvalue weighted by atomic mass is 10.3. The number of rotatable bonds is 7. The molecule has 0 aliphatic carbocycles. The van der Waals surface area contributed by atoms with E-state index in [-0.39, 0.29) is 6.61 Å².